The second-order valence-electron chi connectivity index (χ2n) is 2.27. The highest BCUT2D eigenvalue weighted by molar-refractivity contribution is 6.32. The number of hydrogen-bond donors (Lipinski definition) is 0. The van der Waals surface area contributed by atoms with Crippen molar-refractivity contribution < 1.29 is 4.39 Å². The topological polar surface area (TPSA) is 0 Å². The molecule has 0 aliphatic heterocycles. The van der Waals surface area contributed by atoms with Crippen LogP contribution < -0.4 is 0 Å². The fourth-order valence-electron chi connectivity index (χ4n) is 0.859. The Balaban J connectivity index is 3.29. The Morgan fingerprint density at radius 1 is 1.45 bits per heavy atom. The predicted molar refractivity (Wildman–Crippen MR) is 45.7 cm³/mol. The van der Waals surface area contributed by atoms with E-state index in [0.29, 0.717) is 16.1 Å². The molecule has 0 nitrogen and oxygen atoms in total. The molecule has 1 aromatic carbocycles. The van der Waals surface area contributed by atoms with Gasteiger partial charge in [-0.05, 0) is 30.2 Å². The van der Waals surface area contributed by atoms with E-state index in [2.05, 4.69) is 0 Å². The first-order valence-corrected chi connectivity index (χ1v) is 4.07. The summed E-state index contributed by atoms with van der Waals surface area (Å²) in [4.78, 5) is 0. The van der Waals surface area contributed by atoms with Gasteiger partial charge in [-0.15, -0.1) is 11.6 Å². The fraction of sp³-hybridized carbons (Fsp3) is 0.250. The van der Waals surface area contributed by atoms with Gasteiger partial charge in [0.1, 0.15) is 5.82 Å². The van der Waals surface area contributed by atoms with Gasteiger partial charge in [0, 0.05) is 10.9 Å². The zero-order valence-electron chi connectivity index (χ0n) is 6.00. The molecular weight excluding hydrogens is 186 g/mol. The maximum absolute atomic E-state index is 12.8. The van der Waals surface area contributed by atoms with Crippen LogP contribution in [0, 0.1) is 12.7 Å². The average molecular weight is 193 g/mol. The summed E-state index contributed by atoms with van der Waals surface area (Å²) in [5.41, 5.74) is 1.21. The van der Waals surface area contributed by atoms with Crippen LogP contribution in [0.3, 0.4) is 0 Å². The van der Waals surface area contributed by atoms with Crippen molar-refractivity contribution >= 4 is 23.2 Å². The molecule has 0 bridgehead atoms. The Kier molecular flexibility index (Phi) is 2.74. The molecule has 0 unspecified atom stereocenters. The zero-order valence-corrected chi connectivity index (χ0v) is 7.51. The first kappa shape index (κ1) is 8.82. The maximum Gasteiger partial charge on any atom is 0.126 e. The number of benzene rings is 1. The van der Waals surface area contributed by atoms with Crippen LogP contribution in [0.4, 0.5) is 4.39 Å². The molecule has 0 atom stereocenters. The monoisotopic (exact) mass is 192 g/mol. The highest BCUT2D eigenvalue weighted by Gasteiger charge is 2.06. The Hall–Kier alpha value is -0.270. The van der Waals surface area contributed by atoms with E-state index in [1.807, 2.05) is 0 Å². The molecule has 3 heteroatoms. The maximum atomic E-state index is 12.8. The predicted octanol–water partition coefficient (Wildman–Crippen LogP) is 3.53. The number of halogens is 3. The minimum Gasteiger partial charge on any atom is -0.207 e. The third kappa shape index (κ3) is 1.66. The first-order valence-electron chi connectivity index (χ1n) is 3.16. The van der Waals surface area contributed by atoms with Crippen molar-refractivity contribution in [1.29, 1.82) is 0 Å². The summed E-state index contributed by atoms with van der Waals surface area (Å²) in [5.74, 6) is -0.00681. The van der Waals surface area contributed by atoms with E-state index in [1.54, 1.807) is 6.92 Å². The van der Waals surface area contributed by atoms with Crippen molar-refractivity contribution in [3.05, 3.63) is 34.1 Å². The van der Waals surface area contributed by atoms with Gasteiger partial charge in [-0.1, -0.05) is 11.6 Å². The molecule has 0 N–H and O–H groups in total. The molecule has 0 saturated heterocycles. The molecule has 0 spiro atoms. The molecule has 1 rings (SSSR count). The summed E-state index contributed by atoms with van der Waals surface area (Å²) in [7, 11) is 0. The van der Waals surface area contributed by atoms with Crippen molar-refractivity contribution in [2.75, 3.05) is 0 Å². The summed E-state index contributed by atoms with van der Waals surface area (Å²) in [6.45, 7) is 1.67. The first-order chi connectivity index (χ1) is 5.16. The third-order valence-electron chi connectivity index (χ3n) is 1.61. The SMILES string of the molecule is Cc1c(F)ccc(Cl)c1CCl. The summed E-state index contributed by atoms with van der Waals surface area (Å²) in [6.07, 6.45) is 0. The van der Waals surface area contributed by atoms with E-state index in [0.717, 1.165) is 0 Å². The molecule has 60 valence electrons. The lowest BCUT2D eigenvalue weighted by Crippen LogP contribution is -1.90. The Morgan fingerprint density at radius 2 is 2.09 bits per heavy atom. The van der Waals surface area contributed by atoms with Crippen LogP contribution in [0.1, 0.15) is 11.1 Å². The van der Waals surface area contributed by atoms with Gasteiger partial charge in [-0.25, -0.2) is 4.39 Å². The lowest BCUT2D eigenvalue weighted by molar-refractivity contribution is 0.616. The summed E-state index contributed by atoms with van der Waals surface area (Å²) in [5, 5.41) is 0.527. The molecule has 0 aromatic heterocycles. The minimum atomic E-state index is -0.259. The Morgan fingerprint density at radius 3 is 2.55 bits per heavy atom. The molecule has 0 heterocycles. The van der Waals surface area contributed by atoms with E-state index in [4.69, 9.17) is 23.2 Å². The largest absolute Gasteiger partial charge is 0.207 e. The van der Waals surface area contributed by atoms with Gasteiger partial charge in [-0.3, -0.25) is 0 Å². The van der Waals surface area contributed by atoms with Crippen LogP contribution in [0.5, 0.6) is 0 Å². The lowest BCUT2D eigenvalue weighted by atomic mass is 10.1. The number of rotatable bonds is 1. The average Bonchev–Trinajstić information content (AvgIpc) is 1.99. The third-order valence-corrected chi connectivity index (χ3v) is 2.23. The van der Waals surface area contributed by atoms with Crippen LogP contribution in [0.2, 0.25) is 5.02 Å². The van der Waals surface area contributed by atoms with Crippen LogP contribution in [-0.4, -0.2) is 0 Å². The zero-order chi connectivity index (χ0) is 8.43. The Labute approximate surface area is 74.9 Å². The number of hydrogen-bond acceptors (Lipinski definition) is 0. The highest BCUT2D eigenvalue weighted by Crippen LogP contribution is 2.23. The molecule has 1 aromatic rings. The van der Waals surface area contributed by atoms with Gasteiger partial charge in [-0.2, -0.15) is 0 Å². The van der Waals surface area contributed by atoms with Crippen LogP contribution >= 0.6 is 23.2 Å². The van der Waals surface area contributed by atoms with Gasteiger partial charge in [0.2, 0.25) is 0 Å². The van der Waals surface area contributed by atoms with Crippen LogP contribution in [0.25, 0.3) is 0 Å². The smallest absolute Gasteiger partial charge is 0.126 e. The van der Waals surface area contributed by atoms with Crippen molar-refractivity contribution in [2.24, 2.45) is 0 Å². The van der Waals surface area contributed by atoms with Crippen LogP contribution in [0.15, 0.2) is 12.1 Å². The van der Waals surface area contributed by atoms with Gasteiger partial charge >= 0.3 is 0 Å². The van der Waals surface area contributed by atoms with Gasteiger partial charge in [0.25, 0.3) is 0 Å². The molecule has 0 radical (unpaired) electrons. The molecule has 0 aliphatic carbocycles. The number of alkyl halides is 1. The van der Waals surface area contributed by atoms with E-state index < -0.39 is 0 Å². The molecular formula is C8H7Cl2F. The van der Waals surface area contributed by atoms with Crippen molar-refractivity contribution in [1.82, 2.24) is 0 Å². The molecule has 11 heavy (non-hydrogen) atoms. The molecule has 0 aliphatic rings. The van der Waals surface area contributed by atoms with Gasteiger partial charge < -0.3 is 0 Å². The highest BCUT2D eigenvalue weighted by atomic mass is 35.5. The lowest BCUT2D eigenvalue weighted by Gasteiger charge is -2.04. The van der Waals surface area contributed by atoms with E-state index >= 15 is 0 Å². The quantitative estimate of drug-likeness (QED) is 0.598. The van der Waals surface area contributed by atoms with E-state index in [1.165, 1.54) is 12.1 Å². The minimum absolute atomic E-state index is 0.252. The summed E-state index contributed by atoms with van der Waals surface area (Å²) in [6, 6.07) is 2.86. The fourth-order valence-corrected chi connectivity index (χ4v) is 1.54. The Bertz CT molecular complexity index is 271. The molecule has 0 saturated carbocycles. The standard InChI is InChI=1S/C8H7Cl2F/c1-5-6(4-9)7(10)2-3-8(5)11/h2-3H,4H2,1H3. The summed E-state index contributed by atoms with van der Waals surface area (Å²) >= 11 is 11.3. The van der Waals surface area contributed by atoms with Gasteiger partial charge in [0.15, 0.2) is 0 Å². The van der Waals surface area contributed by atoms with E-state index in [9.17, 15) is 4.39 Å². The van der Waals surface area contributed by atoms with Crippen molar-refractivity contribution in [3.63, 3.8) is 0 Å². The van der Waals surface area contributed by atoms with Crippen LogP contribution in [-0.2, 0) is 5.88 Å². The molecule has 0 fully saturated rings. The summed E-state index contributed by atoms with van der Waals surface area (Å²) < 4.78 is 12.8. The van der Waals surface area contributed by atoms with E-state index in [-0.39, 0.29) is 11.7 Å². The second kappa shape index (κ2) is 3.42. The van der Waals surface area contributed by atoms with Crippen molar-refractivity contribution in [2.45, 2.75) is 12.8 Å². The second-order valence-corrected chi connectivity index (χ2v) is 2.94. The molecule has 0 amide bonds. The van der Waals surface area contributed by atoms with Crippen molar-refractivity contribution in [3.8, 4) is 0 Å². The normalized spacial score (nSPS) is 10.2. The van der Waals surface area contributed by atoms with Gasteiger partial charge in [0.05, 0.1) is 0 Å².